The first-order valence-electron chi connectivity index (χ1n) is 12.6. The Labute approximate surface area is 240 Å². The predicted molar refractivity (Wildman–Crippen MR) is 146 cm³/mol. The van der Waals surface area contributed by atoms with Crippen molar-refractivity contribution in [2.24, 2.45) is 0 Å². The Hall–Kier alpha value is -4.03. The van der Waals surface area contributed by atoms with Crippen LogP contribution in [0.15, 0.2) is 77.3 Å². The minimum atomic E-state index is -4.67. The zero-order valence-electron chi connectivity index (χ0n) is 21.5. The van der Waals surface area contributed by atoms with Gasteiger partial charge in [-0.1, -0.05) is 40.2 Å². The molecule has 0 aliphatic carbocycles. The summed E-state index contributed by atoms with van der Waals surface area (Å²) in [5, 5.41) is 17.6. The molecule has 1 aliphatic heterocycles. The fraction of sp³-hybridized carbons (Fsp3) is 0.207. The van der Waals surface area contributed by atoms with Gasteiger partial charge in [-0.25, -0.2) is 9.07 Å². The maximum Gasteiger partial charge on any atom is 0.416 e. The molecule has 0 radical (unpaired) electrons. The van der Waals surface area contributed by atoms with Crippen LogP contribution in [0.2, 0.25) is 0 Å². The van der Waals surface area contributed by atoms with Crippen molar-refractivity contribution >= 4 is 33.6 Å². The monoisotopic (exact) mass is 630 g/mol. The Balaban J connectivity index is 1.68. The number of hydrogen-bond acceptors (Lipinski definition) is 4. The molecule has 12 heteroatoms. The van der Waals surface area contributed by atoms with Crippen molar-refractivity contribution in [3.8, 4) is 5.69 Å². The number of nitrogens with one attached hydrogen (secondary N) is 1. The summed E-state index contributed by atoms with van der Waals surface area (Å²) in [5.41, 5.74) is 0.381. The van der Waals surface area contributed by atoms with E-state index in [0.717, 1.165) is 16.6 Å². The molecule has 3 aromatic carbocycles. The van der Waals surface area contributed by atoms with E-state index in [0.29, 0.717) is 28.7 Å². The molecule has 0 unspecified atom stereocenters. The highest BCUT2D eigenvalue weighted by Gasteiger charge is 2.46. The molecule has 2 amide bonds. The van der Waals surface area contributed by atoms with Crippen molar-refractivity contribution in [3.63, 3.8) is 0 Å². The van der Waals surface area contributed by atoms with Crippen molar-refractivity contribution in [2.45, 2.75) is 31.7 Å². The van der Waals surface area contributed by atoms with Crippen molar-refractivity contribution in [2.75, 3.05) is 11.4 Å². The first-order chi connectivity index (χ1) is 19.5. The molecule has 212 valence electrons. The summed E-state index contributed by atoms with van der Waals surface area (Å²) in [6.45, 7) is 1.37. The quantitative estimate of drug-likeness (QED) is 0.272. The maximum atomic E-state index is 14.1. The van der Waals surface area contributed by atoms with Gasteiger partial charge in [0, 0.05) is 28.1 Å². The molecule has 0 saturated heterocycles. The molecule has 0 fully saturated rings. The van der Waals surface area contributed by atoms with E-state index < -0.39 is 47.9 Å². The molecule has 41 heavy (non-hydrogen) atoms. The Morgan fingerprint density at radius 1 is 1.07 bits per heavy atom. The molecule has 1 aliphatic rings. The van der Waals surface area contributed by atoms with Gasteiger partial charge in [-0.3, -0.25) is 14.5 Å². The lowest BCUT2D eigenvalue weighted by molar-refractivity contribution is -0.137. The van der Waals surface area contributed by atoms with Gasteiger partial charge in [0.15, 0.2) is 0 Å². The van der Waals surface area contributed by atoms with Crippen LogP contribution in [0.4, 0.5) is 23.4 Å². The molecule has 1 aromatic heterocycles. The standard InChI is InChI=1S/C29H23BrF4N4O3/c1-2-37-27-24(22(15-39)36-38(27)21-8-4-7-19(30)14-21)23(16-9-11-20(31)12-10-16)25(28(37)41)35-26(40)17-5-3-6-18(13-17)29(32,33)34/h3-14,23,25,39H,2,15H2,1H3,(H,35,40)/t23-,25-/m1/s1. The summed E-state index contributed by atoms with van der Waals surface area (Å²) in [4.78, 5) is 28.8. The van der Waals surface area contributed by atoms with Gasteiger partial charge in [-0.05, 0) is 61.0 Å². The normalized spacial score (nSPS) is 17.0. The molecule has 7 nitrogen and oxygen atoms in total. The minimum Gasteiger partial charge on any atom is -0.390 e. The number of rotatable bonds is 6. The Morgan fingerprint density at radius 3 is 2.41 bits per heavy atom. The van der Waals surface area contributed by atoms with Gasteiger partial charge in [0.1, 0.15) is 17.7 Å². The van der Waals surface area contributed by atoms with Gasteiger partial charge in [-0.15, -0.1) is 0 Å². The molecule has 5 rings (SSSR count). The van der Waals surface area contributed by atoms with Gasteiger partial charge in [0.2, 0.25) is 0 Å². The molecule has 0 bridgehead atoms. The van der Waals surface area contributed by atoms with Gasteiger partial charge in [0.25, 0.3) is 11.8 Å². The molecular weight excluding hydrogens is 608 g/mol. The highest BCUT2D eigenvalue weighted by atomic mass is 79.9. The molecule has 4 aromatic rings. The molecule has 2 atom stereocenters. The second-order valence-corrected chi connectivity index (χ2v) is 10.3. The maximum absolute atomic E-state index is 14.1. The molecule has 0 spiro atoms. The van der Waals surface area contributed by atoms with Crippen LogP contribution in [0.3, 0.4) is 0 Å². The van der Waals surface area contributed by atoms with Crippen molar-refractivity contribution in [1.29, 1.82) is 0 Å². The number of amides is 2. The third kappa shape index (κ3) is 5.36. The lowest BCUT2D eigenvalue weighted by Crippen LogP contribution is -2.55. The smallest absolute Gasteiger partial charge is 0.390 e. The summed E-state index contributed by atoms with van der Waals surface area (Å²) >= 11 is 3.43. The first kappa shape index (κ1) is 28.5. The summed E-state index contributed by atoms with van der Waals surface area (Å²) in [7, 11) is 0. The first-order valence-corrected chi connectivity index (χ1v) is 13.4. The van der Waals surface area contributed by atoms with Crippen LogP contribution in [0.25, 0.3) is 5.69 Å². The minimum absolute atomic E-state index is 0.155. The predicted octanol–water partition coefficient (Wildman–Crippen LogP) is 5.58. The third-order valence-electron chi connectivity index (χ3n) is 6.89. The second-order valence-electron chi connectivity index (χ2n) is 9.38. The van der Waals surface area contributed by atoms with Crippen LogP contribution in [-0.2, 0) is 17.6 Å². The SMILES string of the molecule is CCN1C(=O)[C@H](NC(=O)c2cccc(C(F)(F)F)c2)[C@H](c2ccc(F)cc2)c2c(CO)nn(-c3cccc(Br)c3)c21. The Bertz CT molecular complexity index is 1620. The van der Waals surface area contributed by atoms with E-state index in [1.54, 1.807) is 25.1 Å². The van der Waals surface area contributed by atoms with Crippen molar-refractivity contribution < 1.29 is 32.3 Å². The Kier molecular flexibility index (Phi) is 7.71. The van der Waals surface area contributed by atoms with Crippen LogP contribution >= 0.6 is 15.9 Å². The number of aromatic nitrogens is 2. The lowest BCUT2D eigenvalue weighted by Gasteiger charge is -2.38. The molecular formula is C29H23BrF4N4O3. The summed E-state index contributed by atoms with van der Waals surface area (Å²) in [6.07, 6.45) is -4.67. The van der Waals surface area contributed by atoms with E-state index in [-0.39, 0.29) is 17.8 Å². The Morgan fingerprint density at radius 2 is 1.78 bits per heavy atom. The summed E-state index contributed by atoms with van der Waals surface area (Å²) in [6, 6.07) is 15.1. The highest BCUT2D eigenvalue weighted by Crippen LogP contribution is 2.44. The number of alkyl halides is 3. The zero-order chi connectivity index (χ0) is 29.5. The van der Waals surface area contributed by atoms with E-state index in [1.165, 1.54) is 39.9 Å². The number of aliphatic hydroxyl groups excluding tert-OH is 1. The van der Waals surface area contributed by atoms with Crippen LogP contribution in [0, 0.1) is 5.82 Å². The number of fused-ring (bicyclic) bond motifs is 1. The lowest BCUT2D eigenvalue weighted by atomic mass is 9.81. The van der Waals surface area contributed by atoms with Crippen molar-refractivity contribution in [3.05, 3.63) is 111 Å². The van der Waals surface area contributed by atoms with E-state index in [9.17, 15) is 32.3 Å². The van der Waals surface area contributed by atoms with Crippen LogP contribution in [-0.4, -0.2) is 39.3 Å². The van der Waals surface area contributed by atoms with E-state index in [1.807, 2.05) is 6.07 Å². The van der Waals surface area contributed by atoms with Crippen molar-refractivity contribution in [1.82, 2.24) is 15.1 Å². The van der Waals surface area contributed by atoms with Gasteiger partial charge >= 0.3 is 6.18 Å². The van der Waals surface area contributed by atoms with Gasteiger partial charge in [0.05, 0.1) is 23.6 Å². The number of anilines is 1. The molecule has 2 N–H and O–H groups in total. The van der Waals surface area contributed by atoms with E-state index >= 15 is 0 Å². The fourth-order valence-corrected chi connectivity index (χ4v) is 5.46. The summed E-state index contributed by atoms with van der Waals surface area (Å²) in [5.74, 6) is -2.55. The average molecular weight is 631 g/mol. The number of likely N-dealkylation sites (N-methyl/N-ethyl adjacent to an activating group) is 1. The van der Waals surface area contributed by atoms with Crippen LogP contribution in [0.5, 0.6) is 0 Å². The summed E-state index contributed by atoms with van der Waals surface area (Å²) < 4.78 is 56.2. The third-order valence-corrected chi connectivity index (χ3v) is 7.39. The molecule has 0 saturated carbocycles. The number of nitrogens with zero attached hydrogens (tertiary/aromatic N) is 3. The largest absolute Gasteiger partial charge is 0.416 e. The number of carbonyl (C=O) groups excluding carboxylic acids is 2. The van der Waals surface area contributed by atoms with E-state index in [4.69, 9.17) is 0 Å². The number of benzene rings is 3. The molecule has 2 heterocycles. The zero-order valence-corrected chi connectivity index (χ0v) is 23.1. The number of hydrogen-bond donors (Lipinski definition) is 2. The van der Waals surface area contributed by atoms with Gasteiger partial charge < -0.3 is 10.4 Å². The van der Waals surface area contributed by atoms with Gasteiger partial charge in [-0.2, -0.15) is 18.3 Å². The van der Waals surface area contributed by atoms with E-state index in [2.05, 4.69) is 26.3 Å². The number of halogens is 5. The fourth-order valence-electron chi connectivity index (χ4n) is 5.07. The number of carbonyl (C=O) groups is 2. The topological polar surface area (TPSA) is 87.5 Å². The average Bonchev–Trinajstić information content (AvgIpc) is 3.33. The highest BCUT2D eigenvalue weighted by molar-refractivity contribution is 9.10. The van der Waals surface area contributed by atoms with Crippen LogP contribution in [0.1, 0.15) is 45.6 Å². The van der Waals surface area contributed by atoms with Crippen LogP contribution < -0.4 is 10.2 Å². The second kappa shape index (κ2) is 11.1. The number of aliphatic hydroxyl groups is 1.